The van der Waals surface area contributed by atoms with Crippen molar-refractivity contribution in [2.75, 3.05) is 17.2 Å². The van der Waals surface area contributed by atoms with Crippen LogP contribution in [0.4, 0.5) is 16.2 Å². The van der Waals surface area contributed by atoms with Crippen molar-refractivity contribution < 1.29 is 14.3 Å². The summed E-state index contributed by atoms with van der Waals surface area (Å²) in [6.45, 7) is 1.81. The van der Waals surface area contributed by atoms with Crippen molar-refractivity contribution in [2.45, 2.75) is 6.92 Å². The first-order valence-corrected chi connectivity index (χ1v) is 6.69. The Morgan fingerprint density at radius 3 is 2.41 bits per heavy atom. The van der Waals surface area contributed by atoms with Gasteiger partial charge in [-0.05, 0) is 36.8 Å². The fourth-order valence-electron chi connectivity index (χ4n) is 1.88. The third-order valence-corrected chi connectivity index (χ3v) is 2.87. The summed E-state index contributed by atoms with van der Waals surface area (Å²) in [6.07, 6.45) is 0. The van der Waals surface area contributed by atoms with E-state index in [1.807, 2.05) is 25.1 Å². The molecule has 0 atom stereocenters. The van der Waals surface area contributed by atoms with Gasteiger partial charge in [0.15, 0.2) is 6.61 Å². The summed E-state index contributed by atoms with van der Waals surface area (Å²) in [7, 11) is 0. The smallest absolute Gasteiger partial charge is 0.316 e. The van der Waals surface area contributed by atoms with E-state index in [9.17, 15) is 9.59 Å². The standard InChI is InChI=1S/C16H17N3O3/c1-11-5-2-3-8-14(11)22-10-15(20)18-12-6-4-7-13(9-12)19-16(17)21/h2-9H,10H2,1H3,(H,18,20)(H3,17,19,21). The van der Waals surface area contributed by atoms with E-state index < -0.39 is 6.03 Å². The minimum Gasteiger partial charge on any atom is -0.483 e. The monoisotopic (exact) mass is 299 g/mol. The van der Waals surface area contributed by atoms with Gasteiger partial charge in [-0.2, -0.15) is 0 Å². The van der Waals surface area contributed by atoms with E-state index in [0.29, 0.717) is 17.1 Å². The Labute approximate surface area is 128 Å². The first-order chi connectivity index (χ1) is 10.5. The van der Waals surface area contributed by atoms with Crippen LogP contribution in [-0.4, -0.2) is 18.5 Å². The fraction of sp³-hybridized carbons (Fsp3) is 0.125. The maximum atomic E-state index is 11.9. The Balaban J connectivity index is 1.92. The van der Waals surface area contributed by atoms with Crippen molar-refractivity contribution in [3.63, 3.8) is 0 Å². The Bertz CT molecular complexity index is 686. The van der Waals surface area contributed by atoms with E-state index in [0.717, 1.165) is 5.56 Å². The van der Waals surface area contributed by atoms with Gasteiger partial charge in [0.1, 0.15) is 5.75 Å². The lowest BCUT2D eigenvalue weighted by Crippen LogP contribution is -2.21. The van der Waals surface area contributed by atoms with Crippen molar-refractivity contribution in [3.8, 4) is 5.75 Å². The summed E-state index contributed by atoms with van der Waals surface area (Å²) in [4.78, 5) is 22.7. The molecule has 0 fully saturated rings. The van der Waals surface area contributed by atoms with Crippen LogP contribution >= 0.6 is 0 Å². The van der Waals surface area contributed by atoms with Crippen molar-refractivity contribution in [2.24, 2.45) is 5.73 Å². The number of carbonyl (C=O) groups is 2. The molecule has 0 spiro atoms. The molecule has 2 aromatic carbocycles. The largest absolute Gasteiger partial charge is 0.483 e. The van der Waals surface area contributed by atoms with Crippen LogP contribution < -0.4 is 21.1 Å². The molecule has 0 saturated carbocycles. The van der Waals surface area contributed by atoms with E-state index in [-0.39, 0.29) is 12.5 Å². The molecule has 2 rings (SSSR count). The highest BCUT2D eigenvalue weighted by atomic mass is 16.5. The van der Waals surface area contributed by atoms with Gasteiger partial charge in [0.2, 0.25) is 0 Å². The number of aryl methyl sites for hydroxylation is 1. The van der Waals surface area contributed by atoms with Crippen LogP contribution in [-0.2, 0) is 4.79 Å². The van der Waals surface area contributed by atoms with Gasteiger partial charge in [0.05, 0.1) is 0 Å². The molecular weight excluding hydrogens is 282 g/mol. The number of ether oxygens (including phenoxy) is 1. The number of hydrogen-bond donors (Lipinski definition) is 3. The van der Waals surface area contributed by atoms with Crippen molar-refractivity contribution >= 4 is 23.3 Å². The molecule has 0 heterocycles. The predicted molar refractivity (Wildman–Crippen MR) is 85.0 cm³/mol. The molecule has 0 aliphatic carbocycles. The molecule has 4 N–H and O–H groups in total. The molecule has 2 aromatic rings. The molecule has 0 bridgehead atoms. The summed E-state index contributed by atoms with van der Waals surface area (Å²) in [6, 6.07) is 13.5. The van der Waals surface area contributed by atoms with Gasteiger partial charge in [-0.1, -0.05) is 24.3 Å². The maximum absolute atomic E-state index is 11.9. The van der Waals surface area contributed by atoms with Crippen molar-refractivity contribution in [3.05, 3.63) is 54.1 Å². The topological polar surface area (TPSA) is 93.4 Å². The number of nitrogens with two attached hydrogens (primary N) is 1. The van der Waals surface area contributed by atoms with E-state index in [2.05, 4.69) is 10.6 Å². The van der Waals surface area contributed by atoms with Crippen molar-refractivity contribution in [1.29, 1.82) is 0 Å². The number of primary amides is 1. The van der Waals surface area contributed by atoms with Crippen LogP contribution in [0.2, 0.25) is 0 Å². The predicted octanol–water partition coefficient (Wildman–Crippen LogP) is 2.50. The Morgan fingerprint density at radius 2 is 1.73 bits per heavy atom. The second-order valence-corrected chi connectivity index (χ2v) is 4.67. The number of amides is 3. The minimum absolute atomic E-state index is 0.0989. The first-order valence-electron chi connectivity index (χ1n) is 6.69. The fourth-order valence-corrected chi connectivity index (χ4v) is 1.88. The molecular formula is C16H17N3O3. The molecule has 0 aliphatic rings. The molecule has 22 heavy (non-hydrogen) atoms. The van der Waals surface area contributed by atoms with E-state index in [4.69, 9.17) is 10.5 Å². The zero-order chi connectivity index (χ0) is 15.9. The lowest BCUT2D eigenvalue weighted by molar-refractivity contribution is -0.118. The third-order valence-electron chi connectivity index (χ3n) is 2.87. The number of para-hydroxylation sites is 1. The van der Waals surface area contributed by atoms with Gasteiger partial charge in [-0.3, -0.25) is 4.79 Å². The maximum Gasteiger partial charge on any atom is 0.316 e. The summed E-state index contributed by atoms with van der Waals surface area (Å²) in [5, 5.41) is 5.13. The molecule has 6 heteroatoms. The molecule has 0 radical (unpaired) electrons. The molecule has 3 amide bonds. The van der Waals surface area contributed by atoms with Crippen LogP contribution in [0.3, 0.4) is 0 Å². The lowest BCUT2D eigenvalue weighted by atomic mass is 10.2. The summed E-state index contributed by atoms with van der Waals surface area (Å²) in [5.74, 6) is 0.376. The zero-order valence-corrected chi connectivity index (χ0v) is 12.1. The van der Waals surface area contributed by atoms with Crippen LogP contribution in [0, 0.1) is 6.92 Å². The van der Waals surface area contributed by atoms with Crippen molar-refractivity contribution in [1.82, 2.24) is 0 Å². The van der Waals surface area contributed by atoms with Gasteiger partial charge in [-0.15, -0.1) is 0 Å². The van der Waals surface area contributed by atoms with Crippen LogP contribution in [0.1, 0.15) is 5.56 Å². The Kier molecular flexibility index (Phi) is 4.98. The lowest BCUT2D eigenvalue weighted by Gasteiger charge is -2.10. The van der Waals surface area contributed by atoms with Gasteiger partial charge < -0.3 is 21.1 Å². The molecule has 0 saturated heterocycles. The number of benzene rings is 2. The highest BCUT2D eigenvalue weighted by Gasteiger charge is 2.06. The van der Waals surface area contributed by atoms with Gasteiger partial charge >= 0.3 is 6.03 Å². The highest BCUT2D eigenvalue weighted by molar-refractivity contribution is 5.93. The Hall–Kier alpha value is -3.02. The summed E-state index contributed by atoms with van der Waals surface area (Å²) in [5.41, 5.74) is 7.06. The van der Waals surface area contributed by atoms with E-state index in [1.54, 1.807) is 30.3 Å². The average Bonchev–Trinajstić information content (AvgIpc) is 2.46. The number of urea groups is 1. The Morgan fingerprint density at radius 1 is 1.05 bits per heavy atom. The molecule has 0 aliphatic heterocycles. The van der Waals surface area contributed by atoms with Gasteiger partial charge in [0.25, 0.3) is 5.91 Å². The highest BCUT2D eigenvalue weighted by Crippen LogP contribution is 2.17. The molecule has 114 valence electrons. The van der Waals surface area contributed by atoms with Gasteiger partial charge in [-0.25, -0.2) is 4.79 Å². The van der Waals surface area contributed by atoms with Crippen LogP contribution in [0.5, 0.6) is 5.75 Å². The summed E-state index contributed by atoms with van der Waals surface area (Å²) >= 11 is 0. The first kappa shape index (κ1) is 15.4. The van der Waals surface area contributed by atoms with Crippen LogP contribution in [0.15, 0.2) is 48.5 Å². The second-order valence-electron chi connectivity index (χ2n) is 4.67. The summed E-state index contributed by atoms with van der Waals surface area (Å²) < 4.78 is 5.46. The zero-order valence-electron chi connectivity index (χ0n) is 12.1. The SMILES string of the molecule is Cc1ccccc1OCC(=O)Nc1cccc(NC(N)=O)c1. The molecule has 0 unspecified atom stereocenters. The van der Waals surface area contributed by atoms with Crippen LogP contribution in [0.25, 0.3) is 0 Å². The normalized spacial score (nSPS) is 9.86. The average molecular weight is 299 g/mol. The van der Waals surface area contributed by atoms with Gasteiger partial charge in [0, 0.05) is 11.4 Å². The molecule has 0 aromatic heterocycles. The number of nitrogens with one attached hydrogen (secondary N) is 2. The number of anilines is 2. The number of rotatable bonds is 5. The van der Waals surface area contributed by atoms with E-state index in [1.165, 1.54) is 0 Å². The number of hydrogen-bond acceptors (Lipinski definition) is 3. The third kappa shape index (κ3) is 4.52. The number of carbonyl (C=O) groups excluding carboxylic acids is 2. The quantitative estimate of drug-likeness (QED) is 0.791. The molecule has 6 nitrogen and oxygen atoms in total. The van der Waals surface area contributed by atoms with E-state index >= 15 is 0 Å². The minimum atomic E-state index is -0.661. The second kappa shape index (κ2) is 7.12.